The van der Waals surface area contributed by atoms with Crippen molar-refractivity contribution >= 4 is 16.9 Å². The van der Waals surface area contributed by atoms with Gasteiger partial charge < -0.3 is 5.11 Å². The van der Waals surface area contributed by atoms with Crippen molar-refractivity contribution in [2.24, 2.45) is 0 Å². The van der Waals surface area contributed by atoms with E-state index in [2.05, 4.69) is 6.58 Å². The first kappa shape index (κ1) is 11.8. The molecule has 0 fully saturated rings. The second-order valence-corrected chi connectivity index (χ2v) is 2.95. The fourth-order valence-electron chi connectivity index (χ4n) is 1.24. The van der Waals surface area contributed by atoms with Gasteiger partial charge in [0.05, 0.1) is 22.0 Å². The Hall–Kier alpha value is -2.28. The number of nitro benzene ring substituents is 2. The first-order valence-corrected chi connectivity index (χ1v) is 4.19. The Kier molecular flexibility index (Phi) is 3.31. The molecule has 0 bridgehead atoms. The van der Waals surface area contributed by atoms with E-state index in [1.165, 1.54) is 12.1 Å². The third kappa shape index (κ3) is 2.04. The summed E-state index contributed by atoms with van der Waals surface area (Å²) < 4.78 is 0. The zero-order valence-electron chi connectivity index (χ0n) is 8.12. The minimum Gasteiger partial charge on any atom is -0.392 e. The molecule has 1 aromatic rings. The highest BCUT2D eigenvalue weighted by atomic mass is 16.6. The summed E-state index contributed by atoms with van der Waals surface area (Å²) >= 11 is 0. The molecular weight excluding hydrogens is 216 g/mol. The Balaban J connectivity index is 3.51. The highest BCUT2D eigenvalue weighted by Crippen LogP contribution is 2.33. The van der Waals surface area contributed by atoms with Gasteiger partial charge >= 0.3 is 11.4 Å². The van der Waals surface area contributed by atoms with Gasteiger partial charge in [-0.2, -0.15) is 0 Å². The summed E-state index contributed by atoms with van der Waals surface area (Å²) in [4.78, 5) is 19.7. The minimum atomic E-state index is -0.853. The number of nitrogens with zero attached hydrogens (tertiary/aromatic N) is 2. The Morgan fingerprint density at radius 1 is 1.31 bits per heavy atom. The van der Waals surface area contributed by atoms with E-state index < -0.39 is 27.8 Å². The van der Waals surface area contributed by atoms with E-state index in [9.17, 15) is 20.2 Å². The number of rotatable bonds is 4. The van der Waals surface area contributed by atoms with Crippen LogP contribution >= 0.6 is 0 Å². The van der Waals surface area contributed by atoms with Crippen molar-refractivity contribution < 1.29 is 15.0 Å². The first-order chi connectivity index (χ1) is 7.49. The topological polar surface area (TPSA) is 107 Å². The second kappa shape index (κ2) is 4.49. The Morgan fingerprint density at radius 3 is 2.38 bits per heavy atom. The van der Waals surface area contributed by atoms with Crippen LogP contribution in [0.1, 0.15) is 5.56 Å². The van der Waals surface area contributed by atoms with Crippen LogP contribution in [0.4, 0.5) is 11.4 Å². The maximum Gasteiger partial charge on any atom is 0.353 e. The van der Waals surface area contributed by atoms with Gasteiger partial charge in [-0.1, -0.05) is 12.6 Å². The molecule has 16 heavy (non-hydrogen) atoms. The summed E-state index contributed by atoms with van der Waals surface area (Å²) in [7, 11) is 0. The molecule has 0 unspecified atom stereocenters. The molecule has 0 saturated heterocycles. The molecule has 0 spiro atoms. The monoisotopic (exact) mass is 224 g/mol. The van der Waals surface area contributed by atoms with E-state index >= 15 is 0 Å². The second-order valence-electron chi connectivity index (χ2n) is 2.95. The van der Waals surface area contributed by atoms with Crippen LogP contribution in [0.2, 0.25) is 0 Å². The van der Waals surface area contributed by atoms with Crippen LogP contribution in [-0.2, 0) is 0 Å². The average Bonchev–Trinajstić information content (AvgIpc) is 2.26. The fraction of sp³-hybridized carbons (Fsp3) is 0.111. The summed E-state index contributed by atoms with van der Waals surface area (Å²) in [5.74, 6) is 0. The zero-order valence-corrected chi connectivity index (χ0v) is 8.12. The van der Waals surface area contributed by atoms with Crippen molar-refractivity contribution in [3.63, 3.8) is 0 Å². The van der Waals surface area contributed by atoms with Crippen LogP contribution in [-0.4, -0.2) is 21.6 Å². The quantitative estimate of drug-likeness (QED) is 0.616. The highest BCUT2D eigenvalue weighted by molar-refractivity contribution is 5.76. The number of hydrogen-bond donors (Lipinski definition) is 1. The van der Waals surface area contributed by atoms with Gasteiger partial charge in [-0.05, 0) is 11.6 Å². The number of aliphatic hydroxyl groups excluding tert-OH is 1. The van der Waals surface area contributed by atoms with E-state index in [1.54, 1.807) is 0 Å². The molecule has 1 rings (SSSR count). The zero-order chi connectivity index (χ0) is 12.3. The maximum atomic E-state index is 10.7. The van der Waals surface area contributed by atoms with Gasteiger partial charge in [-0.15, -0.1) is 0 Å². The number of benzene rings is 1. The number of aliphatic hydroxyl groups is 1. The van der Waals surface area contributed by atoms with Gasteiger partial charge in [0.25, 0.3) is 0 Å². The molecule has 84 valence electrons. The van der Waals surface area contributed by atoms with Crippen molar-refractivity contribution in [3.8, 4) is 0 Å². The highest BCUT2D eigenvalue weighted by Gasteiger charge is 2.28. The van der Waals surface area contributed by atoms with Gasteiger partial charge in [0, 0.05) is 6.07 Å². The molecule has 0 aliphatic heterocycles. The lowest BCUT2D eigenvalue weighted by atomic mass is 10.0. The molecule has 0 saturated carbocycles. The summed E-state index contributed by atoms with van der Waals surface area (Å²) in [6, 6.07) is 3.65. The van der Waals surface area contributed by atoms with E-state index in [1.807, 2.05) is 0 Å². The number of nitro groups is 2. The lowest BCUT2D eigenvalue weighted by Gasteiger charge is -2.03. The normalized spacial score (nSPS) is 9.81. The third-order valence-electron chi connectivity index (χ3n) is 1.97. The van der Waals surface area contributed by atoms with Crippen LogP contribution in [0.25, 0.3) is 5.57 Å². The van der Waals surface area contributed by atoms with Gasteiger partial charge in [0.15, 0.2) is 0 Å². The summed E-state index contributed by atoms with van der Waals surface area (Å²) in [5, 5.41) is 30.2. The smallest absolute Gasteiger partial charge is 0.353 e. The van der Waals surface area contributed by atoms with E-state index in [-0.39, 0.29) is 11.1 Å². The molecule has 7 heteroatoms. The predicted octanol–water partition coefficient (Wildman–Crippen LogP) is 1.51. The third-order valence-corrected chi connectivity index (χ3v) is 1.97. The van der Waals surface area contributed by atoms with Crippen LogP contribution in [0.15, 0.2) is 24.8 Å². The van der Waals surface area contributed by atoms with Crippen LogP contribution in [0.3, 0.4) is 0 Å². The summed E-state index contributed by atoms with van der Waals surface area (Å²) in [6.07, 6.45) is 0. The molecule has 0 amide bonds. The van der Waals surface area contributed by atoms with Crippen LogP contribution in [0, 0.1) is 20.2 Å². The number of hydrogen-bond acceptors (Lipinski definition) is 5. The summed E-state index contributed by atoms with van der Waals surface area (Å²) in [6.45, 7) is 2.91. The van der Waals surface area contributed by atoms with E-state index in [4.69, 9.17) is 5.11 Å². The van der Waals surface area contributed by atoms with Gasteiger partial charge in [0.1, 0.15) is 0 Å². The predicted molar refractivity (Wildman–Crippen MR) is 55.9 cm³/mol. The Bertz CT molecular complexity index is 469. The van der Waals surface area contributed by atoms with Gasteiger partial charge in [0.2, 0.25) is 0 Å². The van der Waals surface area contributed by atoms with Crippen LogP contribution < -0.4 is 0 Å². The van der Waals surface area contributed by atoms with E-state index in [0.717, 1.165) is 6.07 Å². The van der Waals surface area contributed by atoms with Crippen molar-refractivity contribution in [2.45, 2.75) is 0 Å². The largest absolute Gasteiger partial charge is 0.392 e. The minimum absolute atomic E-state index is 0.0262. The molecule has 1 N–H and O–H groups in total. The first-order valence-electron chi connectivity index (χ1n) is 4.19. The average molecular weight is 224 g/mol. The van der Waals surface area contributed by atoms with Crippen molar-refractivity contribution in [3.05, 3.63) is 50.6 Å². The molecule has 0 aromatic heterocycles. The molecule has 0 atom stereocenters. The van der Waals surface area contributed by atoms with Crippen LogP contribution in [0.5, 0.6) is 0 Å². The number of para-hydroxylation sites is 1. The summed E-state index contributed by atoms with van der Waals surface area (Å²) in [5.41, 5.74) is -1.22. The Morgan fingerprint density at radius 2 is 1.94 bits per heavy atom. The molecule has 0 aliphatic rings. The maximum absolute atomic E-state index is 10.7. The van der Waals surface area contributed by atoms with Crippen molar-refractivity contribution in [2.75, 3.05) is 6.61 Å². The molecular formula is C9H8N2O5. The molecule has 0 aliphatic carbocycles. The molecule has 0 heterocycles. The molecule has 1 aromatic carbocycles. The fourth-order valence-corrected chi connectivity index (χ4v) is 1.24. The standard InChI is InChI=1S/C9H8N2O5/c1-6(5-12)7-3-2-4-8(10(13)14)9(7)11(15)16/h2-4,12H,1,5H2. The van der Waals surface area contributed by atoms with Crippen molar-refractivity contribution in [1.29, 1.82) is 0 Å². The molecule has 0 radical (unpaired) electrons. The van der Waals surface area contributed by atoms with E-state index in [0.29, 0.717) is 0 Å². The van der Waals surface area contributed by atoms with Crippen molar-refractivity contribution in [1.82, 2.24) is 0 Å². The Labute approximate surface area is 89.9 Å². The van der Waals surface area contributed by atoms with Gasteiger partial charge in [-0.25, -0.2) is 0 Å². The lowest BCUT2D eigenvalue weighted by Crippen LogP contribution is -2.01. The SMILES string of the molecule is C=C(CO)c1cccc([N+](=O)[O-])c1[N+](=O)[O-]. The lowest BCUT2D eigenvalue weighted by molar-refractivity contribution is -0.422. The molecule has 7 nitrogen and oxygen atoms in total. The van der Waals surface area contributed by atoms with Gasteiger partial charge in [-0.3, -0.25) is 20.2 Å².